The van der Waals surface area contributed by atoms with Gasteiger partial charge in [0.25, 0.3) is 0 Å². The van der Waals surface area contributed by atoms with Gasteiger partial charge in [-0.15, -0.1) is 0 Å². The third kappa shape index (κ3) is 2.50. The predicted molar refractivity (Wildman–Crippen MR) is 98.1 cm³/mol. The zero-order valence-electron chi connectivity index (χ0n) is 11.6. The highest BCUT2D eigenvalue weighted by molar-refractivity contribution is 14.1. The van der Waals surface area contributed by atoms with E-state index in [0.29, 0.717) is 3.55 Å². The van der Waals surface area contributed by atoms with E-state index in [-0.39, 0.29) is 6.04 Å². The molecule has 1 aliphatic rings. The summed E-state index contributed by atoms with van der Waals surface area (Å²) in [7, 11) is -1.87. The number of rotatable bonds is 3. The van der Waals surface area contributed by atoms with Crippen molar-refractivity contribution in [2.45, 2.75) is 22.1 Å². The molecule has 106 valence electrons. The first-order valence-corrected chi connectivity index (χ1v) is 10.6. The average Bonchev–Trinajstić information content (AvgIpc) is 2.88. The van der Waals surface area contributed by atoms with E-state index < -0.39 is 8.07 Å². The average molecular weight is 405 g/mol. The van der Waals surface area contributed by atoms with Crippen molar-refractivity contribution in [2.24, 2.45) is 5.11 Å². The lowest BCUT2D eigenvalue weighted by Gasteiger charge is -2.32. The topological polar surface area (TPSA) is 48.8 Å². The molecule has 0 saturated carbocycles. The van der Waals surface area contributed by atoms with Crippen molar-refractivity contribution in [2.75, 3.05) is 0 Å². The highest BCUT2D eigenvalue weighted by Crippen LogP contribution is 2.37. The van der Waals surface area contributed by atoms with Gasteiger partial charge in [0, 0.05) is 14.5 Å². The molecule has 0 N–H and O–H groups in total. The molecule has 2 aromatic rings. The van der Waals surface area contributed by atoms with Gasteiger partial charge in [0.2, 0.25) is 0 Å². The summed E-state index contributed by atoms with van der Waals surface area (Å²) in [6.45, 7) is 0. The second kappa shape index (κ2) is 6.21. The van der Waals surface area contributed by atoms with Gasteiger partial charge in [0.1, 0.15) is 8.07 Å². The monoisotopic (exact) mass is 405 g/mol. The molecule has 0 aromatic heterocycles. The molecule has 0 spiro atoms. The van der Waals surface area contributed by atoms with E-state index in [1.807, 2.05) is 0 Å². The molecular formula is C16H16IN3Si. The molecular weight excluding hydrogens is 389 g/mol. The van der Waals surface area contributed by atoms with Crippen LogP contribution in [0.1, 0.15) is 6.42 Å². The summed E-state index contributed by atoms with van der Waals surface area (Å²) in [6, 6.07) is 22.9. The zero-order chi connectivity index (χ0) is 14.7. The van der Waals surface area contributed by atoms with Crippen molar-refractivity contribution in [1.29, 1.82) is 0 Å². The maximum Gasteiger partial charge on any atom is 0.130 e. The normalized spacial score (nSPS) is 23.5. The number of benzene rings is 2. The number of hydrogen-bond acceptors (Lipinski definition) is 1. The number of alkyl halides is 1. The smallest absolute Gasteiger partial charge is 0.0898 e. The summed E-state index contributed by atoms with van der Waals surface area (Å²) < 4.78 is 0.399. The Morgan fingerprint density at radius 1 is 1.00 bits per heavy atom. The molecule has 0 bridgehead atoms. The van der Waals surface area contributed by atoms with Crippen LogP contribution in [0.3, 0.4) is 0 Å². The second-order valence-electron chi connectivity index (χ2n) is 5.42. The van der Waals surface area contributed by atoms with Crippen LogP contribution in [0, 0.1) is 0 Å². The number of hydrogen-bond donors (Lipinski definition) is 0. The lowest BCUT2D eigenvalue weighted by Crippen LogP contribution is -2.63. The summed E-state index contributed by atoms with van der Waals surface area (Å²) in [5.41, 5.74) is 8.83. The molecule has 1 aliphatic heterocycles. The van der Waals surface area contributed by atoms with Crippen molar-refractivity contribution in [3.8, 4) is 0 Å². The minimum absolute atomic E-state index is 0.114. The van der Waals surface area contributed by atoms with Gasteiger partial charge < -0.3 is 0 Å². The lowest BCUT2D eigenvalue weighted by molar-refractivity contribution is 0.737. The molecule has 3 nitrogen and oxygen atoms in total. The summed E-state index contributed by atoms with van der Waals surface area (Å²) in [5.74, 6) is 0. The van der Waals surface area contributed by atoms with Crippen LogP contribution in [0.2, 0.25) is 6.04 Å². The highest BCUT2D eigenvalue weighted by Gasteiger charge is 2.51. The van der Waals surface area contributed by atoms with Crippen LogP contribution >= 0.6 is 22.6 Å². The van der Waals surface area contributed by atoms with Crippen molar-refractivity contribution < 1.29 is 0 Å². The standard InChI is InChI=1S/C16H16IN3Si/c17-16-15(19-20-18)11-12-21(16,13-7-3-1-4-8-13)14-9-5-2-6-10-14/h1-10,15-16H,11-12H2/t15-,16-/m1/s1. The third-order valence-electron chi connectivity index (χ3n) is 4.42. The molecule has 0 aliphatic carbocycles. The first-order chi connectivity index (χ1) is 10.3. The summed E-state index contributed by atoms with van der Waals surface area (Å²) in [6.07, 6.45) is 0.994. The molecule has 1 saturated heterocycles. The van der Waals surface area contributed by atoms with Crippen LogP contribution in [0.25, 0.3) is 10.4 Å². The van der Waals surface area contributed by atoms with E-state index >= 15 is 0 Å². The predicted octanol–water partition coefficient (Wildman–Crippen LogP) is 3.68. The third-order valence-corrected chi connectivity index (χ3v) is 13.6. The molecule has 21 heavy (non-hydrogen) atoms. The molecule has 1 fully saturated rings. The highest BCUT2D eigenvalue weighted by atomic mass is 127. The number of halogens is 1. The Morgan fingerprint density at radius 3 is 2.00 bits per heavy atom. The van der Waals surface area contributed by atoms with Crippen molar-refractivity contribution in [1.82, 2.24) is 0 Å². The Morgan fingerprint density at radius 2 is 1.52 bits per heavy atom. The first kappa shape index (κ1) is 14.6. The van der Waals surface area contributed by atoms with Gasteiger partial charge >= 0.3 is 0 Å². The van der Waals surface area contributed by atoms with E-state index in [1.54, 1.807) is 0 Å². The molecule has 2 aromatic carbocycles. The van der Waals surface area contributed by atoms with E-state index in [9.17, 15) is 0 Å². The van der Waals surface area contributed by atoms with Crippen LogP contribution in [0.4, 0.5) is 0 Å². The summed E-state index contributed by atoms with van der Waals surface area (Å²) >= 11 is 2.54. The molecule has 3 rings (SSSR count). The van der Waals surface area contributed by atoms with Crippen LogP contribution in [0.15, 0.2) is 65.8 Å². The fourth-order valence-corrected chi connectivity index (χ4v) is 12.0. The van der Waals surface area contributed by atoms with Crippen LogP contribution < -0.4 is 10.4 Å². The van der Waals surface area contributed by atoms with Gasteiger partial charge in [-0.25, -0.2) is 0 Å². The van der Waals surface area contributed by atoms with Crippen molar-refractivity contribution >= 4 is 41.0 Å². The van der Waals surface area contributed by atoms with Gasteiger partial charge in [0.15, 0.2) is 0 Å². The van der Waals surface area contributed by atoms with Crippen LogP contribution in [-0.4, -0.2) is 17.7 Å². The molecule has 0 radical (unpaired) electrons. The van der Waals surface area contributed by atoms with E-state index in [2.05, 4.69) is 93.3 Å². The van der Waals surface area contributed by atoms with E-state index in [1.165, 1.54) is 10.4 Å². The largest absolute Gasteiger partial charge is 0.130 e. The molecule has 5 heteroatoms. The summed E-state index contributed by atoms with van der Waals surface area (Å²) in [4.78, 5) is 3.06. The van der Waals surface area contributed by atoms with Gasteiger partial charge in [-0.1, -0.05) is 98.7 Å². The Bertz CT molecular complexity index is 616. The SMILES string of the molecule is [N-]=[N+]=N[C@@H]1CC[Si](c2ccccc2)(c2ccccc2)[C@H]1I. The fraction of sp³-hybridized carbons (Fsp3) is 0.250. The Kier molecular flexibility index (Phi) is 4.33. The maximum atomic E-state index is 8.83. The first-order valence-electron chi connectivity index (χ1n) is 7.08. The fourth-order valence-electron chi connectivity index (χ4n) is 3.42. The van der Waals surface area contributed by atoms with Crippen molar-refractivity contribution in [3.05, 3.63) is 71.1 Å². The van der Waals surface area contributed by atoms with E-state index in [4.69, 9.17) is 5.53 Å². The molecule has 1 heterocycles. The molecule has 0 unspecified atom stereocenters. The molecule has 0 amide bonds. The van der Waals surface area contributed by atoms with Gasteiger partial charge in [-0.05, 0) is 18.0 Å². The Balaban J connectivity index is 2.16. The van der Waals surface area contributed by atoms with Gasteiger partial charge in [-0.2, -0.15) is 0 Å². The zero-order valence-corrected chi connectivity index (χ0v) is 14.7. The van der Waals surface area contributed by atoms with Crippen LogP contribution in [0.5, 0.6) is 0 Å². The van der Waals surface area contributed by atoms with Gasteiger partial charge in [-0.3, -0.25) is 0 Å². The van der Waals surface area contributed by atoms with E-state index in [0.717, 1.165) is 12.5 Å². The number of azide groups is 1. The lowest BCUT2D eigenvalue weighted by atomic mass is 10.3. The summed E-state index contributed by atoms with van der Waals surface area (Å²) in [5, 5.41) is 6.96. The quantitative estimate of drug-likeness (QED) is 0.187. The minimum atomic E-state index is -1.87. The van der Waals surface area contributed by atoms with Crippen LogP contribution in [-0.2, 0) is 0 Å². The Hall–Kier alpha value is -1.30. The van der Waals surface area contributed by atoms with Gasteiger partial charge in [0.05, 0.1) is 0 Å². The number of nitrogens with zero attached hydrogens (tertiary/aromatic N) is 3. The molecule has 2 atom stereocenters. The Labute approximate surface area is 139 Å². The maximum absolute atomic E-state index is 8.83. The minimum Gasteiger partial charge on any atom is -0.0898 e. The van der Waals surface area contributed by atoms with Crippen molar-refractivity contribution in [3.63, 3.8) is 0 Å². The second-order valence-corrected chi connectivity index (χ2v) is 12.2.